The Hall–Kier alpha value is -0.210. The Labute approximate surface area is 111 Å². The molecule has 1 saturated carbocycles. The molecule has 1 aliphatic rings. The second kappa shape index (κ2) is 5.42. The summed E-state index contributed by atoms with van der Waals surface area (Å²) in [4.78, 5) is 0. The van der Waals surface area contributed by atoms with E-state index in [0.717, 1.165) is 21.1 Å². The van der Waals surface area contributed by atoms with Crippen LogP contribution in [-0.4, -0.2) is 6.04 Å². The van der Waals surface area contributed by atoms with E-state index in [1.54, 1.807) is 0 Å². The van der Waals surface area contributed by atoms with E-state index >= 15 is 0 Å². The fraction of sp³-hybridized carbons (Fsp3) is 0.538. The predicted octanol–water partition coefficient (Wildman–Crippen LogP) is 5.09. The summed E-state index contributed by atoms with van der Waals surface area (Å²) in [7, 11) is 0. The van der Waals surface area contributed by atoms with Gasteiger partial charge in [-0.15, -0.1) is 0 Å². The molecule has 1 aliphatic carbocycles. The molecule has 88 valence electrons. The first kappa shape index (κ1) is 12.3. The maximum atomic E-state index is 5.91. The molecule has 1 aromatic carbocycles. The Balaban J connectivity index is 1.91. The number of anilines is 1. The van der Waals surface area contributed by atoms with Crippen molar-refractivity contribution in [2.45, 2.75) is 38.6 Å². The summed E-state index contributed by atoms with van der Waals surface area (Å²) in [5.41, 5.74) is 1.14. The highest BCUT2D eigenvalue weighted by Crippen LogP contribution is 2.32. The summed E-state index contributed by atoms with van der Waals surface area (Å²) in [6, 6.07) is 6.41. The minimum atomic E-state index is 0.530. The van der Waals surface area contributed by atoms with Gasteiger partial charge in [0.05, 0.1) is 0 Å². The number of hydrogen-bond donors (Lipinski definition) is 1. The van der Waals surface area contributed by atoms with Gasteiger partial charge in [0.1, 0.15) is 0 Å². The molecule has 1 unspecified atom stereocenters. The summed E-state index contributed by atoms with van der Waals surface area (Å²) in [6.45, 7) is 2.25. The highest BCUT2D eigenvalue weighted by molar-refractivity contribution is 9.10. The number of nitrogens with one attached hydrogen (secondary N) is 1. The van der Waals surface area contributed by atoms with Gasteiger partial charge in [0, 0.05) is 21.2 Å². The van der Waals surface area contributed by atoms with Crippen molar-refractivity contribution in [3.05, 3.63) is 27.7 Å². The lowest BCUT2D eigenvalue weighted by atomic mass is 9.81. The Morgan fingerprint density at radius 2 is 2.25 bits per heavy atom. The van der Waals surface area contributed by atoms with Gasteiger partial charge in [0.15, 0.2) is 0 Å². The highest BCUT2D eigenvalue weighted by Gasteiger charge is 2.20. The zero-order valence-corrected chi connectivity index (χ0v) is 11.8. The van der Waals surface area contributed by atoms with Crippen molar-refractivity contribution in [3.8, 4) is 0 Å². The summed E-state index contributed by atoms with van der Waals surface area (Å²) >= 11 is 9.44. The third-order valence-electron chi connectivity index (χ3n) is 3.24. The number of benzene rings is 1. The van der Waals surface area contributed by atoms with E-state index in [-0.39, 0.29) is 0 Å². The van der Waals surface area contributed by atoms with Crippen LogP contribution >= 0.6 is 27.5 Å². The van der Waals surface area contributed by atoms with E-state index in [0.29, 0.717) is 6.04 Å². The zero-order valence-electron chi connectivity index (χ0n) is 9.47. The topological polar surface area (TPSA) is 12.0 Å². The maximum absolute atomic E-state index is 5.91. The monoisotopic (exact) mass is 301 g/mol. The van der Waals surface area contributed by atoms with Crippen molar-refractivity contribution >= 4 is 33.2 Å². The third-order valence-corrected chi connectivity index (χ3v) is 4.14. The van der Waals surface area contributed by atoms with Crippen molar-refractivity contribution in [3.63, 3.8) is 0 Å². The van der Waals surface area contributed by atoms with Gasteiger partial charge in [-0.25, -0.2) is 0 Å². The fourth-order valence-electron chi connectivity index (χ4n) is 2.16. The number of rotatable bonds is 4. The van der Waals surface area contributed by atoms with Crippen LogP contribution in [0.3, 0.4) is 0 Å². The molecule has 16 heavy (non-hydrogen) atoms. The van der Waals surface area contributed by atoms with Crippen LogP contribution < -0.4 is 5.32 Å². The highest BCUT2D eigenvalue weighted by atomic mass is 79.9. The van der Waals surface area contributed by atoms with Gasteiger partial charge in [-0.05, 0) is 53.4 Å². The predicted molar refractivity (Wildman–Crippen MR) is 74.2 cm³/mol. The molecule has 0 bridgehead atoms. The SMILES string of the molecule is CC(CC1CCC1)Nc1ccc(Cl)cc1Br. The van der Waals surface area contributed by atoms with Gasteiger partial charge in [0.2, 0.25) is 0 Å². The Morgan fingerprint density at radius 1 is 1.50 bits per heavy atom. The molecule has 1 nitrogen and oxygen atoms in total. The average Bonchev–Trinajstić information content (AvgIpc) is 2.16. The van der Waals surface area contributed by atoms with E-state index < -0.39 is 0 Å². The normalized spacial score (nSPS) is 17.9. The molecule has 1 aromatic rings. The molecule has 0 radical (unpaired) electrons. The van der Waals surface area contributed by atoms with Crippen LogP contribution in [0.15, 0.2) is 22.7 Å². The number of hydrogen-bond acceptors (Lipinski definition) is 1. The first-order valence-electron chi connectivity index (χ1n) is 5.87. The van der Waals surface area contributed by atoms with Crippen molar-refractivity contribution in [1.82, 2.24) is 0 Å². The van der Waals surface area contributed by atoms with Crippen LogP contribution in [0.4, 0.5) is 5.69 Å². The lowest BCUT2D eigenvalue weighted by Gasteiger charge is -2.29. The Kier molecular flexibility index (Phi) is 4.15. The largest absolute Gasteiger partial charge is 0.382 e. The second-order valence-corrected chi connectivity index (χ2v) is 5.99. The van der Waals surface area contributed by atoms with Crippen LogP contribution in [0.1, 0.15) is 32.6 Å². The molecule has 1 atom stereocenters. The molecule has 3 heteroatoms. The lowest BCUT2D eigenvalue weighted by Crippen LogP contribution is -2.23. The lowest BCUT2D eigenvalue weighted by molar-refractivity contribution is 0.286. The van der Waals surface area contributed by atoms with Crippen molar-refractivity contribution in [2.75, 3.05) is 5.32 Å². The van der Waals surface area contributed by atoms with Crippen molar-refractivity contribution in [2.24, 2.45) is 5.92 Å². The molecule has 0 heterocycles. The standard InChI is InChI=1S/C13H17BrClN/c1-9(7-10-3-2-4-10)16-13-6-5-11(15)8-12(13)14/h5-6,8-10,16H,2-4,7H2,1H3. The van der Waals surface area contributed by atoms with Gasteiger partial charge in [-0.2, -0.15) is 0 Å². The van der Waals surface area contributed by atoms with Gasteiger partial charge in [-0.3, -0.25) is 0 Å². The van der Waals surface area contributed by atoms with Crippen LogP contribution in [0.25, 0.3) is 0 Å². The molecule has 2 rings (SSSR count). The minimum Gasteiger partial charge on any atom is -0.382 e. The van der Waals surface area contributed by atoms with Gasteiger partial charge in [0.25, 0.3) is 0 Å². The molecule has 0 aliphatic heterocycles. The summed E-state index contributed by atoms with van der Waals surface area (Å²) < 4.78 is 1.04. The van der Waals surface area contributed by atoms with E-state index in [9.17, 15) is 0 Å². The Morgan fingerprint density at radius 3 is 2.81 bits per heavy atom. The number of halogens is 2. The summed E-state index contributed by atoms with van der Waals surface area (Å²) in [5, 5.41) is 4.30. The molecular formula is C13H17BrClN. The molecule has 1 N–H and O–H groups in total. The van der Waals surface area contributed by atoms with E-state index in [1.807, 2.05) is 18.2 Å². The molecule has 0 aromatic heterocycles. The molecule has 0 spiro atoms. The Bertz CT molecular complexity index is 363. The van der Waals surface area contributed by atoms with Gasteiger partial charge >= 0.3 is 0 Å². The van der Waals surface area contributed by atoms with E-state index in [4.69, 9.17) is 11.6 Å². The molecular weight excluding hydrogens is 286 g/mol. The fourth-order valence-corrected chi connectivity index (χ4v) is 2.96. The average molecular weight is 303 g/mol. The first-order chi connectivity index (χ1) is 7.65. The summed E-state index contributed by atoms with van der Waals surface area (Å²) in [6.07, 6.45) is 5.51. The zero-order chi connectivity index (χ0) is 11.5. The van der Waals surface area contributed by atoms with Crippen LogP contribution in [0.5, 0.6) is 0 Å². The second-order valence-electron chi connectivity index (χ2n) is 4.70. The molecule has 0 saturated heterocycles. The van der Waals surface area contributed by atoms with Gasteiger partial charge in [-0.1, -0.05) is 30.9 Å². The van der Waals surface area contributed by atoms with E-state index in [1.165, 1.54) is 25.7 Å². The minimum absolute atomic E-state index is 0.530. The third kappa shape index (κ3) is 3.14. The van der Waals surface area contributed by atoms with Crippen LogP contribution in [0, 0.1) is 5.92 Å². The smallest absolute Gasteiger partial charge is 0.0487 e. The van der Waals surface area contributed by atoms with Crippen LogP contribution in [-0.2, 0) is 0 Å². The summed E-state index contributed by atoms with van der Waals surface area (Å²) in [5.74, 6) is 0.938. The molecule has 0 amide bonds. The van der Waals surface area contributed by atoms with Crippen LogP contribution in [0.2, 0.25) is 5.02 Å². The van der Waals surface area contributed by atoms with Crippen molar-refractivity contribution < 1.29 is 0 Å². The first-order valence-corrected chi connectivity index (χ1v) is 7.04. The van der Waals surface area contributed by atoms with Gasteiger partial charge < -0.3 is 5.32 Å². The molecule has 1 fully saturated rings. The quantitative estimate of drug-likeness (QED) is 0.816. The maximum Gasteiger partial charge on any atom is 0.0487 e. The van der Waals surface area contributed by atoms with E-state index in [2.05, 4.69) is 28.2 Å². The van der Waals surface area contributed by atoms with Crippen molar-refractivity contribution in [1.29, 1.82) is 0 Å².